The van der Waals surface area contributed by atoms with Crippen LogP contribution in [0.15, 0.2) is 34.9 Å². The Kier molecular flexibility index (Phi) is 5.13. The van der Waals surface area contributed by atoms with E-state index in [1.54, 1.807) is 19.1 Å². The first-order valence-electron chi connectivity index (χ1n) is 7.10. The summed E-state index contributed by atoms with van der Waals surface area (Å²) in [6.45, 7) is 3.19. The van der Waals surface area contributed by atoms with Crippen LogP contribution in [0.3, 0.4) is 0 Å². The molecule has 0 bridgehead atoms. The molecule has 0 N–H and O–H groups in total. The highest BCUT2D eigenvalue weighted by atomic mass is 32.2. The molecule has 130 valence electrons. The van der Waals surface area contributed by atoms with Crippen molar-refractivity contribution < 1.29 is 32.2 Å². The zero-order valence-corrected chi connectivity index (χ0v) is 14.2. The third kappa shape index (κ3) is 3.21. The van der Waals surface area contributed by atoms with Gasteiger partial charge in [0.15, 0.2) is 12.0 Å². The number of nitrogens with zero attached hydrogens (tertiary/aromatic N) is 1. The topological polar surface area (TPSA) is 99.2 Å². The summed E-state index contributed by atoms with van der Waals surface area (Å²) in [5.74, 6) is 0.00900. The first-order chi connectivity index (χ1) is 11.3. The summed E-state index contributed by atoms with van der Waals surface area (Å²) in [6.07, 6.45) is -1.64. The number of fused-ring (bicyclic) bond motifs is 1. The molecule has 1 aromatic carbocycles. The third-order valence-electron chi connectivity index (χ3n) is 3.26. The summed E-state index contributed by atoms with van der Waals surface area (Å²) in [7, 11) is -2.61. The van der Waals surface area contributed by atoms with Crippen molar-refractivity contribution in [1.82, 2.24) is 4.31 Å². The lowest BCUT2D eigenvalue weighted by molar-refractivity contribution is -0.106. The van der Waals surface area contributed by atoms with Crippen LogP contribution in [0.1, 0.15) is 19.4 Å². The standard InChI is InChI=1S/C15H17NO7S/c1-4-21-15(18)23-10(2)22-14-11-7-5-6-8-13(11)24(19,20)16(3)12(14)9-17/h5-10H,4H2,1-3H3. The van der Waals surface area contributed by atoms with E-state index >= 15 is 0 Å². The molecule has 1 aromatic rings. The summed E-state index contributed by atoms with van der Waals surface area (Å²) >= 11 is 0. The fraction of sp³-hybridized carbons (Fsp3) is 0.333. The molecule has 1 heterocycles. The van der Waals surface area contributed by atoms with E-state index in [-0.39, 0.29) is 28.5 Å². The van der Waals surface area contributed by atoms with Crippen molar-refractivity contribution in [3.63, 3.8) is 0 Å². The molecule has 0 fully saturated rings. The number of benzene rings is 1. The molecule has 1 aliphatic rings. The second-order valence-electron chi connectivity index (χ2n) is 4.79. The Morgan fingerprint density at radius 2 is 2.00 bits per heavy atom. The van der Waals surface area contributed by atoms with E-state index in [1.165, 1.54) is 26.1 Å². The predicted octanol–water partition coefficient (Wildman–Crippen LogP) is 1.72. The molecule has 9 heteroatoms. The molecule has 0 aliphatic carbocycles. The first-order valence-corrected chi connectivity index (χ1v) is 8.54. The molecular formula is C15H17NO7S. The van der Waals surface area contributed by atoms with Crippen molar-refractivity contribution in [2.24, 2.45) is 0 Å². The number of aldehydes is 1. The van der Waals surface area contributed by atoms with Crippen LogP contribution in [-0.2, 0) is 29.0 Å². The minimum Gasteiger partial charge on any atom is -0.452 e. The van der Waals surface area contributed by atoms with Crippen molar-refractivity contribution in [2.75, 3.05) is 13.7 Å². The van der Waals surface area contributed by atoms with Crippen molar-refractivity contribution in [3.05, 3.63) is 35.5 Å². The van der Waals surface area contributed by atoms with Crippen LogP contribution in [-0.4, -0.2) is 45.1 Å². The molecule has 0 saturated heterocycles. The lowest BCUT2D eigenvalue weighted by Gasteiger charge is -2.29. The highest BCUT2D eigenvalue weighted by Crippen LogP contribution is 2.36. The van der Waals surface area contributed by atoms with E-state index in [9.17, 15) is 18.0 Å². The number of likely N-dealkylation sites (N-methyl/N-ethyl adjacent to an activating group) is 1. The number of sulfonamides is 1. The molecule has 1 aliphatic heterocycles. The molecule has 0 radical (unpaired) electrons. The van der Waals surface area contributed by atoms with Crippen LogP contribution in [0.4, 0.5) is 4.79 Å². The normalized spacial score (nSPS) is 16.9. The van der Waals surface area contributed by atoms with Crippen molar-refractivity contribution in [3.8, 4) is 0 Å². The van der Waals surface area contributed by atoms with Crippen LogP contribution in [0.2, 0.25) is 0 Å². The molecule has 24 heavy (non-hydrogen) atoms. The number of carbonyl (C=O) groups is 2. The van der Waals surface area contributed by atoms with Gasteiger partial charge in [-0.2, -0.15) is 0 Å². The third-order valence-corrected chi connectivity index (χ3v) is 5.09. The van der Waals surface area contributed by atoms with Crippen LogP contribution >= 0.6 is 0 Å². The summed E-state index contributed by atoms with van der Waals surface area (Å²) in [5, 5.41) is 0. The zero-order chi connectivity index (χ0) is 17.9. The molecular weight excluding hydrogens is 338 g/mol. The lowest BCUT2D eigenvalue weighted by Crippen LogP contribution is -2.33. The summed E-state index contributed by atoms with van der Waals surface area (Å²) in [6, 6.07) is 6.09. The van der Waals surface area contributed by atoms with Gasteiger partial charge < -0.3 is 14.2 Å². The van der Waals surface area contributed by atoms with E-state index in [0.29, 0.717) is 6.29 Å². The number of hydrogen-bond donors (Lipinski definition) is 0. The van der Waals surface area contributed by atoms with Crippen molar-refractivity contribution >= 4 is 28.2 Å². The SMILES string of the molecule is CCOC(=O)OC(C)OC1=C(C=O)N(C)S(=O)(=O)c2ccccc21. The van der Waals surface area contributed by atoms with E-state index in [4.69, 9.17) is 9.47 Å². The minimum absolute atomic E-state index is 0.00330. The van der Waals surface area contributed by atoms with Crippen molar-refractivity contribution in [1.29, 1.82) is 0 Å². The van der Waals surface area contributed by atoms with Gasteiger partial charge in [0, 0.05) is 19.5 Å². The highest BCUT2D eigenvalue weighted by Gasteiger charge is 2.36. The quantitative estimate of drug-likeness (QED) is 0.450. The van der Waals surface area contributed by atoms with Crippen LogP contribution in [0, 0.1) is 0 Å². The van der Waals surface area contributed by atoms with E-state index in [0.717, 1.165) is 4.31 Å². The maximum Gasteiger partial charge on any atom is 0.511 e. The average molecular weight is 355 g/mol. The zero-order valence-electron chi connectivity index (χ0n) is 13.4. The Morgan fingerprint density at radius 3 is 2.62 bits per heavy atom. The van der Waals surface area contributed by atoms with Crippen molar-refractivity contribution in [2.45, 2.75) is 25.0 Å². The Bertz CT molecular complexity index is 785. The van der Waals surface area contributed by atoms with Gasteiger partial charge in [0.25, 0.3) is 10.0 Å². The monoisotopic (exact) mass is 355 g/mol. The second-order valence-corrected chi connectivity index (χ2v) is 6.72. The van der Waals surface area contributed by atoms with Crippen LogP contribution in [0.25, 0.3) is 5.76 Å². The number of carbonyl (C=O) groups excluding carboxylic acids is 2. The molecule has 1 atom stereocenters. The lowest BCUT2D eigenvalue weighted by atomic mass is 10.1. The highest BCUT2D eigenvalue weighted by molar-refractivity contribution is 7.89. The molecule has 0 amide bonds. The molecule has 2 rings (SSSR count). The number of rotatable bonds is 5. The summed E-state index contributed by atoms with van der Waals surface area (Å²) in [4.78, 5) is 22.7. The predicted molar refractivity (Wildman–Crippen MR) is 83.0 cm³/mol. The summed E-state index contributed by atoms with van der Waals surface area (Å²) in [5.41, 5.74) is 0.0324. The molecule has 0 aromatic heterocycles. The summed E-state index contributed by atoms with van der Waals surface area (Å²) < 4.78 is 40.8. The Labute approximate surface area is 139 Å². The fourth-order valence-electron chi connectivity index (χ4n) is 2.17. The van der Waals surface area contributed by atoms with E-state index in [2.05, 4.69) is 4.74 Å². The van der Waals surface area contributed by atoms with Gasteiger partial charge >= 0.3 is 6.16 Å². The van der Waals surface area contributed by atoms with Gasteiger partial charge in [0.1, 0.15) is 5.70 Å². The first kappa shape index (κ1) is 17.8. The number of allylic oxidation sites excluding steroid dienone is 1. The van der Waals surface area contributed by atoms with Crippen LogP contribution < -0.4 is 0 Å². The number of hydrogen-bond acceptors (Lipinski definition) is 7. The van der Waals surface area contributed by atoms with Gasteiger partial charge in [-0.05, 0) is 19.1 Å². The minimum atomic E-state index is -3.85. The van der Waals surface area contributed by atoms with Gasteiger partial charge in [-0.15, -0.1) is 0 Å². The molecule has 1 unspecified atom stereocenters. The molecule has 8 nitrogen and oxygen atoms in total. The van der Waals surface area contributed by atoms with E-state index < -0.39 is 22.5 Å². The van der Waals surface area contributed by atoms with Crippen LogP contribution in [0.5, 0.6) is 0 Å². The maximum atomic E-state index is 12.4. The number of ether oxygens (including phenoxy) is 3. The molecule has 0 saturated carbocycles. The largest absolute Gasteiger partial charge is 0.511 e. The maximum absolute atomic E-state index is 12.4. The average Bonchev–Trinajstić information content (AvgIpc) is 2.53. The Morgan fingerprint density at radius 1 is 1.33 bits per heavy atom. The Hall–Kier alpha value is -2.55. The van der Waals surface area contributed by atoms with Gasteiger partial charge in [0.05, 0.1) is 11.5 Å². The van der Waals surface area contributed by atoms with E-state index in [1.807, 2.05) is 0 Å². The Balaban J connectivity index is 2.42. The van der Waals surface area contributed by atoms with Gasteiger partial charge in [-0.25, -0.2) is 13.2 Å². The molecule has 0 spiro atoms. The fourth-order valence-corrected chi connectivity index (χ4v) is 3.54. The van der Waals surface area contributed by atoms with Gasteiger partial charge in [-0.1, -0.05) is 12.1 Å². The van der Waals surface area contributed by atoms with Gasteiger partial charge in [0.2, 0.25) is 6.29 Å². The second kappa shape index (κ2) is 6.91. The van der Waals surface area contributed by atoms with Gasteiger partial charge in [-0.3, -0.25) is 9.10 Å². The smallest absolute Gasteiger partial charge is 0.452 e.